The van der Waals surface area contributed by atoms with Crippen LogP contribution in [-0.2, 0) is 4.79 Å². The zero-order valence-corrected chi connectivity index (χ0v) is 13.9. The molecule has 0 unspecified atom stereocenters. The normalized spacial score (nSPS) is 11.4. The van der Waals surface area contributed by atoms with Crippen molar-refractivity contribution in [1.82, 2.24) is 10.2 Å². The molecule has 4 heteroatoms. The van der Waals surface area contributed by atoms with Crippen molar-refractivity contribution >= 4 is 5.91 Å². The summed E-state index contributed by atoms with van der Waals surface area (Å²) >= 11 is 0. The molecule has 0 saturated heterocycles. The van der Waals surface area contributed by atoms with Gasteiger partial charge < -0.3 is 10.4 Å². The minimum absolute atomic E-state index is 0.0930. The lowest BCUT2D eigenvalue weighted by molar-refractivity contribution is -0.120. The SMILES string of the molecule is CC/C=C/CC(=O)NCN(C)CCCCCCCCCO. The molecular formula is C17H34N2O2. The van der Waals surface area contributed by atoms with Gasteiger partial charge in [0.2, 0.25) is 5.91 Å². The first-order valence-electron chi connectivity index (χ1n) is 8.41. The van der Waals surface area contributed by atoms with Gasteiger partial charge in [-0.2, -0.15) is 0 Å². The fourth-order valence-electron chi connectivity index (χ4n) is 2.11. The van der Waals surface area contributed by atoms with Crippen molar-refractivity contribution < 1.29 is 9.90 Å². The number of nitrogens with zero attached hydrogens (tertiary/aromatic N) is 1. The predicted molar refractivity (Wildman–Crippen MR) is 89.1 cm³/mol. The Kier molecular flexibility index (Phi) is 14.9. The van der Waals surface area contributed by atoms with E-state index in [2.05, 4.69) is 17.1 Å². The Morgan fingerprint density at radius 3 is 2.29 bits per heavy atom. The molecule has 0 radical (unpaired) electrons. The van der Waals surface area contributed by atoms with Crippen LogP contribution in [0.5, 0.6) is 0 Å². The quantitative estimate of drug-likeness (QED) is 0.294. The van der Waals surface area contributed by atoms with E-state index in [4.69, 9.17) is 5.11 Å². The molecule has 0 rings (SSSR count). The first-order chi connectivity index (χ1) is 10.2. The van der Waals surface area contributed by atoms with Crippen LogP contribution in [-0.4, -0.2) is 42.8 Å². The Labute approximate surface area is 130 Å². The molecule has 0 atom stereocenters. The number of carbonyl (C=O) groups is 1. The zero-order valence-electron chi connectivity index (χ0n) is 13.9. The second-order valence-corrected chi connectivity index (χ2v) is 5.62. The Bertz CT molecular complexity index is 268. The second kappa shape index (κ2) is 15.5. The van der Waals surface area contributed by atoms with Crippen LogP contribution in [0.25, 0.3) is 0 Å². The fraction of sp³-hybridized carbons (Fsp3) is 0.824. The van der Waals surface area contributed by atoms with Crippen LogP contribution in [0.1, 0.15) is 64.7 Å². The second-order valence-electron chi connectivity index (χ2n) is 5.62. The summed E-state index contributed by atoms with van der Waals surface area (Å²) in [7, 11) is 2.05. The van der Waals surface area contributed by atoms with Gasteiger partial charge in [-0.1, -0.05) is 51.2 Å². The molecule has 1 amide bonds. The molecular weight excluding hydrogens is 264 g/mol. The van der Waals surface area contributed by atoms with Gasteiger partial charge in [0.1, 0.15) is 0 Å². The van der Waals surface area contributed by atoms with Crippen LogP contribution < -0.4 is 5.32 Å². The molecule has 0 spiro atoms. The van der Waals surface area contributed by atoms with Crippen molar-refractivity contribution in [2.24, 2.45) is 0 Å². The number of hydrogen-bond acceptors (Lipinski definition) is 3. The standard InChI is InChI=1S/C17H34N2O2/c1-3-4-10-13-17(21)18-16-19(2)14-11-8-6-5-7-9-12-15-20/h4,10,20H,3,5-9,11-16H2,1-2H3,(H,18,21)/b10-4+. The van der Waals surface area contributed by atoms with Crippen molar-refractivity contribution in [2.75, 3.05) is 26.9 Å². The number of aliphatic hydroxyl groups excluding tert-OH is 1. The van der Waals surface area contributed by atoms with Crippen LogP contribution in [0, 0.1) is 0 Å². The van der Waals surface area contributed by atoms with Gasteiger partial charge in [-0.3, -0.25) is 9.69 Å². The lowest BCUT2D eigenvalue weighted by Crippen LogP contribution is -2.35. The predicted octanol–water partition coefficient (Wildman–Crippen LogP) is 3.07. The maximum absolute atomic E-state index is 11.5. The van der Waals surface area contributed by atoms with Crippen molar-refractivity contribution in [3.05, 3.63) is 12.2 Å². The van der Waals surface area contributed by atoms with E-state index in [0.29, 0.717) is 19.7 Å². The monoisotopic (exact) mass is 298 g/mol. The highest BCUT2D eigenvalue weighted by atomic mass is 16.2. The summed E-state index contributed by atoms with van der Waals surface area (Å²) in [4.78, 5) is 13.7. The molecule has 2 N–H and O–H groups in total. The van der Waals surface area contributed by atoms with Crippen molar-refractivity contribution in [1.29, 1.82) is 0 Å². The molecule has 124 valence electrons. The average molecular weight is 298 g/mol. The number of rotatable bonds is 14. The van der Waals surface area contributed by atoms with Crippen LogP contribution in [0.4, 0.5) is 0 Å². The van der Waals surface area contributed by atoms with Crippen molar-refractivity contribution in [3.63, 3.8) is 0 Å². The van der Waals surface area contributed by atoms with E-state index in [0.717, 1.165) is 25.8 Å². The maximum Gasteiger partial charge on any atom is 0.224 e. The molecule has 0 aliphatic heterocycles. The Hall–Kier alpha value is -0.870. The number of hydrogen-bond donors (Lipinski definition) is 2. The Balaban J connectivity index is 3.35. The minimum atomic E-state index is 0.0930. The summed E-state index contributed by atoms with van der Waals surface area (Å²) in [6, 6.07) is 0. The molecule has 0 saturated carbocycles. The number of unbranched alkanes of at least 4 members (excludes halogenated alkanes) is 6. The molecule has 0 aliphatic rings. The largest absolute Gasteiger partial charge is 0.396 e. The van der Waals surface area contributed by atoms with E-state index in [9.17, 15) is 4.79 Å². The summed E-state index contributed by atoms with van der Waals surface area (Å²) < 4.78 is 0. The van der Waals surface area contributed by atoms with Crippen molar-refractivity contribution in [3.8, 4) is 0 Å². The van der Waals surface area contributed by atoms with Gasteiger partial charge in [0, 0.05) is 13.0 Å². The maximum atomic E-state index is 11.5. The molecule has 0 heterocycles. The van der Waals surface area contributed by atoms with E-state index in [-0.39, 0.29) is 5.91 Å². The minimum Gasteiger partial charge on any atom is -0.396 e. The van der Waals surface area contributed by atoms with Crippen molar-refractivity contribution in [2.45, 2.75) is 64.7 Å². The Morgan fingerprint density at radius 1 is 1.05 bits per heavy atom. The van der Waals surface area contributed by atoms with Gasteiger partial charge in [-0.15, -0.1) is 0 Å². The third kappa shape index (κ3) is 15.3. The number of amides is 1. The highest BCUT2D eigenvalue weighted by Gasteiger charge is 2.01. The zero-order chi connectivity index (χ0) is 15.8. The topological polar surface area (TPSA) is 52.6 Å². The third-order valence-electron chi connectivity index (χ3n) is 3.45. The highest BCUT2D eigenvalue weighted by molar-refractivity contribution is 5.77. The van der Waals surface area contributed by atoms with Gasteiger partial charge in [0.05, 0.1) is 6.67 Å². The lowest BCUT2D eigenvalue weighted by Gasteiger charge is -2.16. The first-order valence-corrected chi connectivity index (χ1v) is 8.41. The molecule has 0 aromatic carbocycles. The molecule has 0 aromatic rings. The van der Waals surface area contributed by atoms with E-state index in [1.807, 2.05) is 19.2 Å². The molecule has 0 aliphatic carbocycles. The van der Waals surface area contributed by atoms with Gasteiger partial charge in [0.15, 0.2) is 0 Å². The summed E-state index contributed by atoms with van der Waals surface area (Å²) in [6.45, 7) is 4.05. The van der Waals surface area contributed by atoms with E-state index < -0.39 is 0 Å². The van der Waals surface area contributed by atoms with Gasteiger partial charge in [-0.25, -0.2) is 0 Å². The Morgan fingerprint density at radius 2 is 1.67 bits per heavy atom. The summed E-state index contributed by atoms with van der Waals surface area (Å²) in [5, 5.41) is 11.6. The van der Waals surface area contributed by atoms with Crippen LogP contribution >= 0.6 is 0 Å². The summed E-state index contributed by atoms with van der Waals surface area (Å²) in [6.07, 6.45) is 13.7. The molecule has 0 aromatic heterocycles. The molecule has 0 bridgehead atoms. The highest BCUT2D eigenvalue weighted by Crippen LogP contribution is 2.07. The van der Waals surface area contributed by atoms with E-state index in [1.165, 1.54) is 32.1 Å². The van der Waals surface area contributed by atoms with E-state index >= 15 is 0 Å². The van der Waals surface area contributed by atoms with Crippen LogP contribution in [0.2, 0.25) is 0 Å². The van der Waals surface area contributed by atoms with Gasteiger partial charge in [-0.05, 0) is 32.9 Å². The summed E-state index contributed by atoms with van der Waals surface area (Å²) in [5.41, 5.74) is 0. The number of carbonyl (C=O) groups excluding carboxylic acids is 1. The number of aliphatic hydroxyl groups is 1. The van der Waals surface area contributed by atoms with Gasteiger partial charge in [0.25, 0.3) is 0 Å². The molecule has 4 nitrogen and oxygen atoms in total. The molecule has 0 fully saturated rings. The number of nitrogens with one attached hydrogen (secondary N) is 1. The third-order valence-corrected chi connectivity index (χ3v) is 3.45. The first kappa shape index (κ1) is 20.1. The lowest BCUT2D eigenvalue weighted by atomic mass is 10.1. The number of allylic oxidation sites excluding steroid dienone is 1. The smallest absolute Gasteiger partial charge is 0.224 e. The van der Waals surface area contributed by atoms with E-state index in [1.54, 1.807) is 0 Å². The summed E-state index contributed by atoms with van der Waals surface area (Å²) in [5.74, 6) is 0.0930. The van der Waals surface area contributed by atoms with Crippen LogP contribution in [0.3, 0.4) is 0 Å². The van der Waals surface area contributed by atoms with Crippen LogP contribution in [0.15, 0.2) is 12.2 Å². The average Bonchev–Trinajstić information content (AvgIpc) is 2.48. The molecule has 21 heavy (non-hydrogen) atoms. The fourth-order valence-corrected chi connectivity index (χ4v) is 2.11. The van der Waals surface area contributed by atoms with Gasteiger partial charge >= 0.3 is 0 Å².